The van der Waals surface area contributed by atoms with Gasteiger partial charge in [-0.3, -0.25) is 4.79 Å². The van der Waals surface area contributed by atoms with Gasteiger partial charge in [-0.05, 0) is 41.1 Å². The van der Waals surface area contributed by atoms with E-state index in [-0.39, 0.29) is 5.91 Å². The predicted octanol–water partition coefficient (Wildman–Crippen LogP) is 4.66. The molecular weight excluding hydrogens is 348 g/mol. The van der Waals surface area contributed by atoms with Crippen LogP contribution >= 0.6 is 22.7 Å². The van der Waals surface area contributed by atoms with Gasteiger partial charge in [-0.25, -0.2) is 0 Å². The molecule has 0 saturated carbocycles. The molecule has 3 rings (SSSR count). The molecule has 3 nitrogen and oxygen atoms in total. The molecule has 0 spiro atoms. The number of carbonyl (C=O) groups is 1. The molecular formula is C20H18N2OS2. The smallest absolute Gasteiger partial charge is 0.272 e. The van der Waals surface area contributed by atoms with E-state index in [0.717, 1.165) is 15.1 Å². The van der Waals surface area contributed by atoms with Crippen LogP contribution < -0.4 is 4.80 Å². The van der Waals surface area contributed by atoms with Crippen LogP contribution in [0.1, 0.15) is 30.2 Å². The van der Waals surface area contributed by atoms with Crippen LogP contribution in [0, 0.1) is 12.3 Å². The zero-order valence-corrected chi connectivity index (χ0v) is 15.7. The third-order valence-corrected chi connectivity index (χ3v) is 5.64. The topological polar surface area (TPSA) is 34.4 Å². The molecule has 3 aromatic rings. The van der Waals surface area contributed by atoms with Gasteiger partial charge in [-0.2, -0.15) is 4.99 Å². The molecule has 0 N–H and O–H groups in total. The van der Waals surface area contributed by atoms with Crippen LogP contribution in [-0.4, -0.2) is 10.5 Å². The fourth-order valence-corrected chi connectivity index (χ4v) is 4.15. The van der Waals surface area contributed by atoms with Gasteiger partial charge in [0.25, 0.3) is 5.91 Å². The third kappa shape index (κ3) is 3.98. The van der Waals surface area contributed by atoms with Crippen LogP contribution in [0.2, 0.25) is 0 Å². The average molecular weight is 367 g/mol. The molecule has 0 aliphatic heterocycles. The van der Waals surface area contributed by atoms with Gasteiger partial charge in [0.05, 0.1) is 16.8 Å². The Morgan fingerprint density at radius 2 is 2.24 bits per heavy atom. The molecule has 5 heteroatoms. The van der Waals surface area contributed by atoms with Gasteiger partial charge in [0.1, 0.15) is 0 Å². The van der Waals surface area contributed by atoms with Crippen molar-refractivity contribution in [3.8, 4) is 12.3 Å². The first-order chi connectivity index (χ1) is 12.1. The van der Waals surface area contributed by atoms with Crippen LogP contribution in [-0.2, 0) is 11.3 Å². The monoisotopic (exact) mass is 366 g/mol. The van der Waals surface area contributed by atoms with Crippen molar-refractivity contribution in [1.29, 1.82) is 0 Å². The highest BCUT2D eigenvalue weighted by atomic mass is 32.1. The lowest BCUT2D eigenvalue weighted by atomic mass is 10.0. The van der Waals surface area contributed by atoms with E-state index >= 15 is 0 Å². The Balaban J connectivity index is 2.03. The Labute approximate surface area is 155 Å². The second-order valence-electron chi connectivity index (χ2n) is 5.86. The summed E-state index contributed by atoms with van der Waals surface area (Å²) in [6.07, 6.45) is 8.79. The van der Waals surface area contributed by atoms with Crippen molar-refractivity contribution in [1.82, 2.24) is 4.57 Å². The molecule has 1 aromatic carbocycles. The largest absolute Gasteiger partial charge is 0.305 e. The molecule has 126 valence electrons. The van der Waals surface area contributed by atoms with Crippen LogP contribution in [0.3, 0.4) is 0 Å². The Bertz CT molecular complexity index is 1030. The van der Waals surface area contributed by atoms with E-state index in [1.807, 2.05) is 22.1 Å². The van der Waals surface area contributed by atoms with Gasteiger partial charge >= 0.3 is 0 Å². The maximum atomic E-state index is 12.2. The van der Waals surface area contributed by atoms with E-state index < -0.39 is 0 Å². The molecule has 2 aromatic heterocycles. The summed E-state index contributed by atoms with van der Waals surface area (Å²) < 4.78 is 3.01. The second kappa shape index (κ2) is 7.64. The Morgan fingerprint density at radius 1 is 1.40 bits per heavy atom. The first kappa shape index (κ1) is 17.4. The summed E-state index contributed by atoms with van der Waals surface area (Å²) in [5, 5.41) is 1.97. The highest BCUT2D eigenvalue weighted by Gasteiger charge is 2.08. The van der Waals surface area contributed by atoms with Gasteiger partial charge in [0.2, 0.25) is 0 Å². The molecule has 0 bridgehead atoms. The minimum atomic E-state index is -0.283. The standard InChI is InChI=1S/C20H18N2OS2/c1-4-11-22-17-9-7-15(14(2)3)13-18(17)25-20(22)21-19(23)10-8-16-6-5-12-24-16/h1,5-10,12-14H,11H2,2-3H3/b10-8+,21-20?. The van der Waals surface area contributed by atoms with E-state index in [1.165, 1.54) is 23.0 Å². The van der Waals surface area contributed by atoms with Gasteiger partial charge < -0.3 is 4.57 Å². The lowest BCUT2D eigenvalue weighted by Gasteiger charge is -2.05. The number of aromatic nitrogens is 1. The lowest BCUT2D eigenvalue weighted by molar-refractivity contribution is -0.113. The summed E-state index contributed by atoms with van der Waals surface area (Å²) in [4.78, 5) is 18.1. The van der Waals surface area contributed by atoms with Crippen molar-refractivity contribution in [2.75, 3.05) is 0 Å². The van der Waals surface area contributed by atoms with E-state index in [9.17, 15) is 4.79 Å². The van der Waals surface area contributed by atoms with Gasteiger partial charge in [0, 0.05) is 11.0 Å². The van der Waals surface area contributed by atoms with Crippen molar-refractivity contribution >= 4 is 44.9 Å². The molecule has 0 saturated heterocycles. The number of rotatable bonds is 4. The van der Waals surface area contributed by atoms with Crippen molar-refractivity contribution in [2.45, 2.75) is 26.3 Å². The lowest BCUT2D eigenvalue weighted by Crippen LogP contribution is -2.15. The highest BCUT2D eigenvalue weighted by molar-refractivity contribution is 7.16. The van der Waals surface area contributed by atoms with Gasteiger partial charge in [-0.1, -0.05) is 43.2 Å². The van der Waals surface area contributed by atoms with Crippen LogP contribution in [0.15, 0.2) is 46.8 Å². The first-order valence-electron chi connectivity index (χ1n) is 7.95. The molecule has 2 heterocycles. The van der Waals surface area contributed by atoms with E-state index in [1.54, 1.807) is 17.4 Å². The van der Waals surface area contributed by atoms with Crippen LogP contribution in [0.5, 0.6) is 0 Å². The summed E-state index contributed by atoms with van der Waals surface area (Å²) in [7, 11) is 0. The van der Waals surface area contributed by atoms with Crippen molar-refractivity contribution in [3.63, 3.8) is 0 Å². The first-order valence-corrected chi connectivity index (χ1v) is 9.65. The normalized spacial score (nSPS) is 12.3. The Hall–Kier alpha value is -2.42. The second-order valence-corrected chi connectivity index (χ2v) is 7.84. The van der Waals surface area contributed by atoms with Gasteiger partial charge in [0.15, 0.2) is 4.80 Å². The number of nitrogens with zero attached hydrogens (tertiary/aromatic N) is 2. The minimum absolute atomic E-state index is 0.283. The fourth-order valence-electron chi connectivity index (χ4n) is 2.45. The maximum absolute atomic E-state index is 12.2. The average Bonchev–Trinajstić information content (AvgIpc) is 3.21. The zero-order valence-electron chi connectivity index (χ0n) is 14.1. The highest BCUT2D eigenvalue weighted by Crippen LogP contribution is 2.23. The number of fused-ring (bicyclic) bond motifs is 1. The molecule has 0 fully saturated rings. The van der Waals surface area contributed by atoms with Crippen molar-refractivity contribution in [3.05, 3.63) is 57.0 Å². The third-order valence-electron chi connectivity index (χ3n) is 3.76. The summed E-state index contributed by atoms with van der Waals surface area (Å²) in [5.74, 6) is 2.81. The van der Waals surface area contributed by atoms with E-state index in [0.29, 0.717) is 17.3 Å². The molecule has 25 heavy (non-hydrogen) atoms. The Kier molecular flexibility index (Phi) is 5.32. The maximum Gasteiger partial charge on any atom is 0.272 e. The quantitative estimate of drug-likeness (QED) is 0.488. The zero-order chi connectivity index (χ0) is 17.8. The summed E-state index contributed by atoms with van der Waals surface area (Å²) in [5.41, 5.74) is 2.28. The molecule has 0 atom stereocenters. The molecule has 0 unspecified atom stereocenters. The summed E-state index contributed by atoms with van der Waals surface area (Å²) in [6.45, 7) is 4.71. The van der Waals surface area contributed by atoms with E-state index in [2.05, 4.69) is 43.0 Å². The van der Waals surface area contributed by atoms with Crippen LogP contribution in [0.25, 0.3) is 16.3 Å². The SMILES string of the molecule is C#CCn1c(=NC(=O)/C=C/c2cccs2)sc2cc(C(C)C)ccc21. The van der Waals surface area contributed by atoms with Crippen LogP contribution in [0.4, 0.5) is 0 Å². The number of amides is 1. The molecule has 0 aliphatic rings. The number of hydrogen-bond acceptors (Lipinski definition) is 3. The fraction of sp³-hybridized carbons (Fsp3) is 0.200. The van der Waals surface area contributed by atoms with Crippen molar-refractivity contribution in [2.24, 2.45) is 4.99 Å². The predicted molar refractivity (Wildman–Crippen MR) is 107 cm³/mol. The Morgan fingerprint density at radius 3 is 2.92 bits per heavy atom. The molecule has 0 aliphatic carbocycles. The summed E-state index contributed by atoms with van der Waals surface area (Å²) in [6, 6.07) is 10.2. The van der Waals surface area contributed by atoms with Gasteiger partial charge in [-0.15, -0.1) is 17.8 Å². The number of carbonyl (C=O) groups excluding carboxylic acids is 1. The number of thiophene rings is 1. The number of terminal acetylenes is 1. The molecule has 0 radical (unpaired) electrons. The minimum Gasteiger partial charge on any atom is -0.305 e. The summed E-state index contributed by atoms with van der Waals surface area (Å²) >= 11 is 3.08. The number of thiazole rings is 1. The van der Waals surface area contributed by atoms with Crippen molar-refractivity contribution < 1.29 is 4.79 Å². The number of hydrogen-bond donors (Lipinski definition) is 0. The van der Waals surface area contributed by atoms with E-state index in [4.69, 9.17) is 6.42 Å². The molecule has 1 amide bonds. The number of benzene rings is 1.